The number of rotatable bonds is 2. The third-order valence-corrected chi connectivity index (χ3v) is 2.10. The van der Waals surface area contributed by atoms with Crippen molar-refractivity contribution in [2.24, 2.45) is 0 Å². The maximum atomic E-state index is 13.4. The average Bonchev–Trinajstić information content (AvgIpc) is 2.70. The van der Waals surface area contributed by atoms with Crippen LogP contribution in [0.25, 0.3) is 0 Å². The number of aromatic nitrogens is 2. The van der Waals surface area contributed by atoms with Crippen LogP contribution in [0.15, 0.2) is 22.8 Å². The molecule has 17 heavy (non-hydrogen) atoms. The molecule has 1 aromatic carbocycles. The topological polar surface area (TPSA) is 94.0 Å². The number of hydrogen-bond acceptors (Lipinski definition) is 5. The number of nitrogens with two attached hydrogens (primary N) is 1. The van der Waals surface area contributed by atoms with E-state index in [1.54, 1.807) is 13.0 Å². The van der Waals surface area contributed by atoms with Crippen LogP contribution in [0.2, 0.25) is 0 Å². The molecule has 0 spiro atoms. The van der Waals surface area contributed by atoms with Gasteiger partial charge in [0.1, 0.15) is 5.82 Å². The van der Waals surface area contributed by atoms with Gasteiger partial charge in [-0.1, -0.05) is 6.07 Å². The first-order chi connectivity index (χ1) is 8.08. The Kier molecular flexibility index (Phi) is 2.73. The van der Waals surface area contributed by atoms with Gasteiger partial charge in [-0.25, -0.2) is 9.02 Å². The summed E-state index contributed by atoms with van der Waals surface area (Å²) in [5.41, 5.74) is 6.03. The number of carbonyl (C=O) groups excluding carboxylic acids is 1. The van der Waals surface area contributed by atoms with E-state index in [9.17, 15) is 9.18 Å². The molecule has 0 unspecified atom stereocenters. The summed E-state index contributed by atoms with van der Waals surface area (Å²) in [5.74, 6) is -1.36. The Balaban J connectivity index is 2.24. The van der Waals surface area contributed by atoms with Crippen molar-refractivity contribution in [3.8, 4) is 0 Å². The minimum atomic E-state index is -0.673. The first-order valence-electron chi connectivity index (χ1n) is 4.73. The average molecular weight is 236 g/mol. The molecule has 0 aliphatic rings. The first kappa shape index (κ1) is 11.1. The van der Waals surface area contributed by atoms with E-state index in [1.165, 1.54) is 12.1 Å². The van der Waals surface area contributed by atoms with E-state index >= 15 is 0 Å². The van der Waals surface area contributed by atoms with Gasteiger partial charge in [0, 0.05) is 0 Å². The van der Waals surface area contributed by atoms with Crippen molar-refractivity contribution in [3.05, 3.63) is 35.3 Å². The van der Waals surface area contributed by atoms with Gasteiger partial charge < -0.3 is 11.1 Å². The van der Waals surface area contributed by atoms with E-state index in [0.29, 0.717) is 0 Å². The Bertz CT molecular complexity index is 567. The number of benzene rings is 1. The molecular weight excluding hydrogens is 227 g/mol. The summed E-state index contributed by atoms with van der Waals surface area (Å²) in [4.78, 5) is 11.6. The fourth-order valence-corrected chi connectivity index (χ4v) is 1.27. The molecule has 1 aromatic heterocycles. The number of carbonyl (C=O) groups is 1. The molecule has 0 radical (unpaired) electrons. The Morgan fingerprint density at radius 2 is 2.24 bits per heavy atom. The quantitative estimate of drug-likeness (QED) is 0.820. The zero-order valence-corrected chi connectivity index (χ0v) is 8.90. The lowest BCUT2D eigenvalue weighted by molar-refractivity contribution is 0.101. The molecule has 3 N–H and O–H groups in total. The van der Waals surface area contributed by atoms with Crippen LogP contribution in [-0.4, -0.2) is 16.2 Å². The van der Waals surface area contributed by atoms with Crippen molar-refractivity contribution < 1.29 is 13.8 Å². The lowest BCUT2D eigenvalue weighted by Gasteiger charge is -2.05. The zero-order valence-electron chi connectivity index (χ0n) is 8.90. The zero-order chi connectivity index (χ0) is 12.4. The maximum Gasteiger partial charge on any atom is 0.281 e. The van der Waals surface area contributed by atoms with Gasteiger partial charge in [-0.15, -0.1) is 0 Å². The van der Waals surface area contributed by atoms with Crippen molar-refractivity contribution in [2.45, 2.75) is 6.92 Å². The lowest BCUT2D eigenvalue weighted by atomic mass is 10.2. The summed E-state index contributed by atoms with van der Waals surface area (Å²) in [7, 11) is 0. The van der Waals surface area contributed by atoms with Gasteiger partial charge in [0.05, 0.1) is 5.69 Å². The highest BCUT2D eigenvalue weighted by Gasteiger charge is 2.17. The van der Waals surface area contributed by atoms with Crippen LogP contribution >= 0.6 is 0 Å². The molecule has 88 valence electrons. The van der Waals surface area contributed by atoms with Crippen molar-refractivity contribution in [1.82, 2.24) is 10.3 Å². The number of halogens is 1. The Morgan fingerprint density at radius 1 is 1.47 bits per heavy atom. The summed E-state index contributed by atoms with van der Waals surface area (Å²) in [6, 6.07) is 4.35. The molecule has 0 aliphatic carbocycles. The number of aryl methyl sites for hydroxylation is 1. The molecule has 1 heterocycles. The summed E-state index contributed by atoms with van der Waals surface area (Å²) >= 11 is 0. The fraction of sp³-hybridized carbons (Fsp3) is 0.100. The molecular formula is C10H9FN4O2. The van der Waals surface area contributed by atoms with Crippen LogP contribution in [0.3, 0.4) is 0 Å². The Morgan fingerprint density at radius 3 is 2.88 bits per heavy atom. The number of amides is 1. The third-order valence-electron chi connectivity index (χ3n) is 2.10. The molecule has 0 saturated heterocycles. The maximum absolute atomic E-state index is 13.4. The van der Waals surface area contributed by atoms with E-state index in [4.69, 9.17) is 5.73 Å². The Hall–Kier alpha value is -2.44. The summed E-state index contributed by atoms with van der Waals surface area (Å²) in [6.07, 6.45) is 0. The van der Waals surface area contributed by atoms with Crippen molar-refractivity contribution >= 4 is 17.4 Å². The molecule has 0 fully saturated rings. The minimum Gasteiger partial charge on any atom is -0.379 e. The standard InChI is InChI=1S/C10H9FN4O2/c1-5-2-3-6(11)7(4-5)13-10(16)8-9(12)15-17-14-8/h2-4H,1H3,(H2,12,15)(H,13,16). The van der Waals surface area contributed by atoms with Gasteiger partial charge >= 0.3 is 0 Å². The third kappa shape index (κ3) is 2.22. The molecule has 0 aliphatic heterocycles. The van der Waals surface area contributed by atoms with Crippen molar-refractivity contribution in [3.63, 3.8) is 0 Å². The van der Waals surface area contributed by atoms with Crippen LogP contribution in [0.1, 0.15) is 16.1 Å². The number of nitrogens with zero attached hydrogens (tertiary/aromatic N) is 2. The lowest BCUT2D eigenvalue weighted by Crippen LogP contribution is -2.15. The summed E-state index contributed by atoms with van der Waals surface area (Å²) in [5, 5.41) is 8.91. The highest BCUT2D eigenvalue weighted by atomic mass is 19.1. The van der Waals surface area contributed by atoms with E-state index in [1.807, 2.05) is 0 Å². The highest BCUT2D eigenvalue weighted by molar-refractivity contribution is 6.05. The van der Waals surface area contributed by atoms with E-state index < -0.39 is 11.7 Å². The molecule has 2 aromatic rings. The summed E-state index contributed by atoms with van der Waals surface area (Å²) < 4.78 is 17.6. The van der Waals surface area contributed by atoms with Crippen molar-refractivity contribution in [2.75, 3.05) is 11.1 Å². The van der Waals surface area contributed by atoms with E-state index in [-0.39, 0.29) is 17.2 Å². The molecule has 1 amide bonds. The first-order valence-corrected chi connectivity index (χ1v) is 4.73. The van der Waals surface area contributed by atoms with Crippen LogP contribution in [0, 0.1) is 12.7 Å². The fourth-order valence-electron chi connectivity index (χ4n) is 1.27. The van der Waals surface area contributed by atoms with Crippen molar-refractivity contribution in [1.29, 1.82) is 0 Å². The monoisotopic (exact) mass is 236 g/mol. The van der Waals surface area contributed by atoms with E-state index in [2.05, 4.69) is 20.3 Å². The molecule has 6 nitrogen and oxygen atoms in total. The molecule has 2 rings (SSSR count). The van der Waals surface area contributed by atoms with E-state index in [0.717, 1.165) is 5.56 Å². The van der Waals surface area contributed by atoms with Gasteiger partial charge in [0.25, 0.3) is 5.91 Å². The largest absolute Gasteiger partial charge is 0.379 e. The SMILES string of the molecule is Cc1ccc(F)c(NC(=O)c2nonc2N)c1. The second-order valence-corrected chi connectivity index (χ2v) is 3.44. The molecule has 0 atom stereocenters. The molecule has 7 heteroatoms. The molecule has 0 saturated carbocycles. The predicted molar refractivity (Wildman–Crippen MR) is 57.8 cm³/mol. The van der Waals surface area contributed by atoms with Crippen LogP contribution < -0.4 is 11.1 Å². The van der Waals surface area contributed by atoms with Gasteiger partial charge in [-0.05, 0) is 34.9 Å². The van der Waals surface area contributed by atoms with Gasteiger partial charge in [0.15, 0.2) is 0 Å². The van der Waals surface area contributed by atoms with Gasteiger partial charge in [0.2, 0.25) is 11.5 Å². The number of nitrogen functional groups attached to an aromatic ring is 1. The van der Waals surface area contributed by atoms with Crippen LogP contribution in [0.5, 0.6) is 0 Å². The predicted octanol–water partition coefficient (Wildman–Crippen LogP) is 1.35. The van der Waals surface area contributed by atoms with Crippen LogP contribution in [0.4, 0.5) is 15.9 Å². The number of nitrogens with one attached hydrogen (secondary N) is 1. The van der Waals surface area contributed by atoms with Gasteiger partial charge in [-0.2, -0.15) is 0 Å². The van der Waals surface area contributed by atoms with Gasteiger partial charge in [-0.3, -0.25) is 4.79 Å². The minimum absolute atomic E-state index is 0.0531. The summed E-state index contributed by atoms with van der Waals surface area (Å²) in [6.45, 7) is 1.78. The highest BCUT2D eigenvalue weighted by Crippen LogP contribution is 2.17. The second-order valence-electron chi connectivity index (χ2n) is 3.44. The normalized spacial score (nSPS) is 10.2. The number of hydrogen-bond donors (Lipinski definition) is 2. The Labute approximate surface area is 95.6 Å². The number of anilines is 2. The smallest absolute Gasteiger partial charge is 0.281 e. The second kappa shape index (κ2) is 4.20. The van der Waals surface area contributed by atoms with Crippen LogP contribution in [-0.2, 0) is 0 Å². The molecule has 0 bridgehead atoms.